The first-order chi connectivity index (χ1) is 15.3. The summed E-state index contributed by atoms with van der Waals surface area (Å²) in [5, 5.41) is 3.02. The first kappa shape index (κ1) is 20.9. The third kappa shape index (κ3) is 3.74. The largest absolute Gasteiger partial charge is 0.463 e. The molecule has 0 aliphatic carbocycles. The zero-order valence-electron chi connectivity index (χ0n) is 17.7. The number of aromatic nitrogens is 1. The molecular weight excluding hydrogens is 411 g/mol. The van der Waals surface area contributed by atoms with Gasteiger partial charge in [0.2, 0.25) is 0 Å². The number of halogens is 1. The van der Waals surface area contributed by atoms with Crippen molar-refractivity contribution in [2.24, 2.45) is 7.05 Å². The Morgan fingerprint density at radius 2 is 1.88 bits per heavy atom. The quantitative estimate of drug-likeness (QED) is 0.467. The van der Waals surface area contributed by atoms with Crippen LogP contribution in [0, 0.1) is 32.0 Å². The lowest BCUT2D eigenvalue weighted by Crippen LogP contribution is -2.15. The zero-order chi connectivity index (χ0) is 23.0. The van der Waals surface area contributed by atoms with E-state index >= 15 is 0 Å². The first-order valence-corrected chi connectivity index (χ1v) is 9.72. The maximum atomic E-state index is 13.8. The minimum atomic E-state index is -0.599. The molecule has 4 aromatic rings. The molecule has 2 aromatic carbocycles. The van der Waals surface area contributed by atoms with Crippen LogP contribution in [0.15, 0.2) is 58.1 Å². The van der Waals surface area contributed by atoms with Crippen molar-refractivity contribution in [2.75, 3.05) is 5.32 Å². The number of ether oxygens (including phenoxy) is 1. The van der Waals surface area contributed by atoms with Gasteiger partial charge >= 0.3 is 0 Å². The number of benzene rings is 2. The minimum Gasteiger partial charge on any atom is -0.463 e. The van der Waals surface area contributed by atoms with Crippen LogP contribution in [0.4, 0.5) is 10.1 Å². The highest BCUT2D eigenvalue weighted by Gasteiger charge is 2.18. The predicted molar refractivity (Wildman–Crippen MR) is 120 cm³/mol. The van der Waals surface area contributed by atoms with E-state index in [1.807, 2.05) is 5.92 Å². The lowest BCUT2D eigenvalue weighted by atomic mass is 10.0. The van der Waals surface area contributed by atoms with Crippen molar-refractivity contribution in [2.45, 2.75) is 13.8 Å². The van der Waals surface area contributed by atoms with Gasteiger partial charge in [-0.2, -0.15) is 0 Å². The topological polar surface area (TPSA) is 73.5 Å². The van der Waals surface area contributed by atoms with Crippen LogP contribution in [0.3, 0.4) is 0 Å². The number of hydrogen-bond acceptors (Lipinski definition) is 4. The molecule has 1 N–H and O–H groups in total. The van der Waals surface area contributed by atoms with E-state index in [0.717, 1.165) is 0 Å². The Morgan fingerprint density at radius 1 is 1.16 bits per heavy atom. The van der Waals surface area contributed by atoms with Gasteiger partial charge in [-0.25, -0.2) is 4.39 Å². The molecule has 0 bridgehead atoms. The Labute approximate surface area is 183 Å². The lowest BCUT2D eigenvalue weighted by molar-refractivity contribution is -0.111. The van der Waals surface area contributed by atoms with Crippen LogP contribution >= 0.6 is 0 Å². The summed E-state index contributed by atoms with van der Waals surface area (Å²) in [6.07, 6.45) is 8.24. The van der Waals surface area contributed by atoms with Crippen LogP contribution in [0.25, 0.3) is 22.1 Å². The van der Waals surface area contributed by atoms with Gasteiger partial charge in [0.1, 0.15) is 22.9 Å². The van der Waals surface area contributed by atoms with Gasteiger partial charge in [-0.05, 0) is 67.3 Å². The van der Waals surface area contributed by atoms with Gasteiger partial charge in [0.25, 0.3) is 11.5 Å². The first-order valence-electron chi connectivity index (χ1n) is 9.72. The number of terminal acetylenes is 1. The molecule has 1 amide bonds. The molecule has 0 saturated heterocycles. The van der Waals surface area contributed by atoms with Crippen LogP contribution in [-0.4, -0.2) is 10.5 Å². The predicted octanol–water partition coefficient (Wildman–Crippen LogP) is 4.92. The molecule has 2 aromatic heterocycles. The van der Waals surface area contributed by atoms with Gasteiger partial charge in [0, 0.05) is 30.1 Å². The number of carbonyl (C=O) groups excluding carboxylic acids is 1. The fourth-order valence-corrected chi connectivity index (χ4v) is 3.62. The Morgan fingerprint density at radius 3 is 2.56 bits per heavy atom. The molecule has 0 spiro atoms. The van der Waals surface area contributed by atoms with Crippen molar-refractivity contribution in [3.63, 3.8) is 0 Å². The van der Waals surface area contributed by atoms with Gasteiger partial charge in [-0.1, -0.05) is 0 Å². The van der Waals surface area contributed by atoms with E-state index < -0.39 is 5.91 Å². The van der Waals surface area contributed by atoms with Crippen LogP contribution < -0.4 is 15.6 Å². The maximum Gasteiger partial charge on any atom is 0.300 e. The molecule has 0 saturated carbocycles. The smallest absolute Gasteiger partial charge is 0.300 e. The van der Waals surface area contributed by atoms with Gasteiger partial charge in [-0.15, -0.1) is 6.42 Å². The van der Waals surface area contributed by atoms with E-state index in [1.54, 1.807) is 51.4 Å². The van der Waals surface area contributed by atoms with Crippen molar-refractivity contribution < 1.29 is 18.3 Å². The molecular formula is C25H19FN2O4. The normalized spacial score (nSPS) is 10.7. The van der Waals surface area contributed by atoms with Gasteiger partial charge < -0.3 is 19.0 Å². The van der Waals surface area contributed by atoms with Gasteiger partial charge in [-0.3, -0.25) is 9.59 Å². The number of nitrogens with zero attached hydrogens (tertiary/aromatic N) is 1. The average molecular weight is 430 g/mol. The number of amides is 1. The Hall–Kier alpha value is -4.31. The molecule has 160 valence electrons. The molecule has 2 heterocycles. The Bertz CT molecular complexity index is 1450. The summed E-state index contributed by atoms with van der Waals surface area (Å²) in [4.78, 5) is 24.2. The number of pyridine rings is 1. The molecule has 0 radical (unpaired) electrons. The van der Waals surface area contributed by atoms with Gasteiger partial charge in [0.05, 0.1) is 11.6 Å². The molecule has 7 heteroatoms. The van der Waals surface area contributed by atoms with Crippen molar-refractivity contribution in [1.82, 2.24) is 4.57 Å². The molecule has 0 aliphatic heterocycles. The Balaban J connectivity index is 1.94. The van der Waals surface area contributed by atoms with Crippen molar-refractivity contribution >= 4 is 22.6 Å². The van der Waals surface area contributed by atoms with Gasteiger partial charge in [0.15, 0.2) is 0 Å². The summed E-state index contributed by atoms with van der Waals surface area (Å²) in [5.41, 5.74) is 3.00. The summed E-state index contributed by atoms with van der Waals surface area (Å²) < 4.78 is 27.0. The van der Waals surface area contributed by atoms with E-state index in [2.05, 4.69) is 5.32 Å². The van der Waals surface area contributed by atoms with Crippen LogP contribution in [0.5, 0.6) is 11.5 Å². The second kappa shape index (κ2) is 8.08. The standard InChI is InChI=1S/C25H19FN2O4/c1-5-22(29)27-17-6-7-21(32-23-14(2)10-16(26)11-15(23)3)19(12-17)20-13-28(4)25(30)18-8-9-31-24(18)20/h1,6-13H,2-4H3,(H,27,29). The van der Waals surface area contributed by atoms with E-state index in [4.69, 9.17) is 15.6 Å². The molecule has 4 rings (SSSR count). The Kier molecular flexibility index (Phi) is 5.29. The second-order valence-corrected chi connectivity index (χ2v) is 7.40. The number of nitrogens with one attached hydrogen (secondary N) is 1. The molecule has 32 heavy (non-hydrogen) atoms. The van der Waals surface area contributed by atoms with E-state index in [1.165, 1.54) is 23.0 Å². The van der Waals surface area contributed by atoms with Crippen molar-refractivity contribution in [3.8, 4) is 35.0 Å². The fourth-order valence-electron chi connectivity index (χ4n) is 3.62. The number of carbonyl (C=O) groups is 1. The van der Waals surface area contributed by atoms with Crippen molar-refractivity contribution in [3.05, 3.63) is 76.2 Å². The fraction of sp³-hybridized carbons (Fsp3) is 0.120. The molecule has 0 unspecified atom stereocenters. The number of hydrogen-bond donors (Lipinski definition) is 1. The van der Waals surface area contributed by atoms with E-state index in [-0.39, 0.29) is 11.4 Å². The molecule has 0 fully saturated rings. The third-order valence-corrected chi connectivity index (χ3v) is 5.08. The maximum absolute atomic E-state index is 13.8. The average Bonchev–Trinajstić information content (AvgIpc) is 3.24. The highest BCUT2D eigenvalue weighted by molar-refractivity contribution is 6.04. The number of fused-ring (bicyclic) bond motifs is 1. The van der Waals surface area contributed by atoms with Crippen molar-refractivity contribution in [1.29, 1.82) is 0 Å². The summed E-state index contributed by atoms with van der Waals surface area (Å²) in [5.74, 6) is 1.99. The van der Waals surface area contributed by atoms with E-state index in [9.17, 15) is 14.0 Å². The second-order valence-electron chi connectivity index (χ2n) is 7.40. The number of furan rings is 1. The third-order valence-electron chi connectivity index (χ3n) is 5.08. The van der Waals surface area contributed by atoms with Crippen LogP contribution in [0.1, 0.15) is 11.1 Å². The molecule has 6 nitrogen and oxygen atoms in total. The monoisotopic (exact) mass is 430 g/mol. The summed E-state index contributed by atoms with van der Waals surface area (Å²) in [6.45, 7) is 3.51. The zero-order valence-corrected chi connectivity index (χ0v) is 17.7. The number of anilines is 1. The summed E-state index contributed by atoms with van der Waals surface area (Å²) in [7, 11) is 1.64. The summed E-state index contributed by atoms with van der Waals surface area (Å²) >= 11 is 0. The minimum absolute atomic E-state index is 0.206. The molecule has 0 aliphatic rings. The SMILES string of the molecule is C#CC(=O)Nc1ccc(Oc2c(C)cc(F)cc2C)c(-c2cn(C)c(=O)c3ccoc23)c1. The number of aryl methyl sites for hydroxylation is 3. The van der Waals surface area contributed by atoms with Crippen LogP contribution in [-0.2, 0) is 11.8 Å². The van der Waals surface area contributed by atoms with Crippen LogP contribution in [0.2, 0.25) is 0 Å². The summed E-state index contributed by atoms with van der Waals surface area (Å²) in [6, 6.07) is 9.37. The lowest BCUT2D eigenvalue weighted by Gasteiger charge is -2.17. The van der Waals surface area contributed by atoms with E-state index in [0.29, 0.717) is 50.4 Å². The highest BCUT2D eigenvalue weighted by atomic mass is 19.1. The highest BCUT2D eigenvalue weighted by Crippen LogP contribution is 2.40. The number of rotatable bonds is 4. The molecule has 0 atom stereocenters.